The molecular weight excluding hydrogens is 325 g/mol. The minimum Gasteiger partial charge on any atom is -0.308 e. The van der Waals surface area contributed by atoms with Crippen molar-refractivity contribution in [1.82, 2.24) is 0 Å². The van der Waals surface area contributed by atoms with Crippen LogP contribution in [0.15, 0.2) is 47.4 Å². The Labute approximate surface area is 144 Å². The molecule has 1 aliphatic rings. The summed E-state index contributed by atoms with van der Waals surface area (Å²) in [4.78, 5) is 27.6. The van der Waals surface area contributed by atoms with E-state index < -0.39 is 0 Å². The topological polar surface area (TPSA) is 37.4 Å². The number of hydrogen-bond donors (Lipinski definition) is 0. The van der Waals surface area contributed by atoms with Crippen molar-refractivity contribution in [3.63, 3.8) is 0 Å². The standard InChI is InChI=1S/C19H18FNO2S/c1-2-11-21(14-8-6-13(20)7-9-14)19(23)16-5-3-4-15-17(22)10-12-24-18(15)16/h3-9H,2,10-12H2,1H3. The zero-order chi connectivity index (χ0) is 17.1. The normalized spacial score (nSPS) is 13.5. The first-order valence-electron chi connectivity index (χ1n) is 7.98. The first kappa shape index (κ1) is 16.7. The van der Waals surface area contributed by atoms with Crippen molar-refractivity contribution in [1.29, 1.82) is 0 Å². The number of benzene rings is 2. The van der Waals surface area contributed by atoms with Crippen molar-refractivity contribution in [3.05, 3.63) is 59.4 Å². The third-order valence-electron chi connectivity index (χ3n) is 3.95. The molecule has 0 saturated carbocycles. The summed E-state index contributed by atoms with van der Waals surface area (Å²) >= 11 is 1.55. The molecule has 0 aliphatic carbocycles. The Morgan fingerprint density at radius 1 is 1.21 bits per heavy atom. The number of thioether (sulfide) groups is 1. The van der Waals surface area contributed by atoms with Crippen LogP contribution in [-0.4, -0.2) is 24.0 Å². The lowest BCUT2D eigenvalue weighted by Gasteiger charge is -2.25. The molecule has 2 aromatic carbocycles. The number of nitrogens with zero attached hydrogens (tertiary/aromatic N) is 1. The van der Waals surface area contributed by atoms with E-state index in [2.05, 4.69) is 0 Å². The molecule has 1 amide bonds. The molecule has 1 heterocycles. The van der Waals surface area contributed by atoms with E-state index in [0.717, 1.165) is 11.3 Å². The van der Waals surface area contributed by atoms with E-state index in [0.29, 0.717) is 35.5 Å². The van der Waals surface area contributed by atoms with Gasteiger partial charge in [0.15, 0.2) is 5.78 Å². The van der Waals surface area contributed by atoms with Gasteiger partial charge in [-0.15, -0.1) is 11.8 Å². The molecule has 0 radical (unpaired) electrons. The van der Waals surface area contributed by atoms with Crippen LogP contribution in [-0.2, 0) is 0 Å². The van der Waals surface area contributed by atoms with E-state index in [9.17, 15) is 14.0 Å². The van der Waals surface area contributed by atoms with E-state index in [1.165, 1.54) is 12.1 Å². The molecule has 3 nitrogen and oxygen atoms in total. The monoisotopic (exact) mass is 343 g/mol. The van der Waals surface area contributed by atoms with Gasteiger partial charge in [0.1, 0.15) is 5.82 Å². The predicted molar refractivity (Wildman–Crippen MR) is 94.5 cm³/mol. The highest BCUT2D eigenvalue weighted by Crippen LogP contribution is 2.34. The summed E-state index contributed by atoms with van der Waals surface area (Å²) in [5, 5.41) is 0. The summed E-state index contributed by atoms with van der Waals surface area (Å²) in [5.41, 5.74) is 1.84. The first-order valence-corrected chi connectivity index (χ1v) is 8.97. The van der Waals surface area contributed by atoms with Gasteiger partial charge in [0.05, 0.1) is 5.56 Å². The Hall–Kier alpha value is -2.14. The van der Waals surface area contributed by atoms with Gasteiger partial charge in [-0.05, 0) is 36.8 Å². The molecule has 0 saturated heterocycles. The minimum atomic E-state index is -0.333. The largest absolute Gasteiger partial charge is 0.308 e. The van der Waals surface area contributed by atoms with Crippen LogP contribution < -0.4 is 4.90 Å². The van der Waals surface area contributed by atoms with Crippen LogP contribution in [0.4, 0.5) is 10.1 Å². The molecule has 0 N–H and O–H groups in total. The van der Waals surface area contributed by atoms with Gasteiger partial charge in [0, 0.05) is 34.9 Å². The number of halogens is 1. The molecule has 0 spiro atoms. The van der Waals surface area contributed by atoms with Gasteiger partial charge in [0.2, 0.25) is 0 Å². The number of hydrogen-bond acceptors (Lipinski definition) is 3. The summed E-state index contributed by atoms with van der Waals surface area (Å²) in [6.45, 7) is 2.52. The maximum absolute atomic E-state index is 13.2. The Kier molecular flexibility index (Phi) is 5.00. The number of anilines is 1. The van der Waals surface area contributed by atoms with Gasteiger partial charge in [-0.3, -0.25) is 9.59 Å². The lowest BCUT2D eigenvalue weighted by Crippen LogP contribution is -2.32. The van der Waals surface area contributed by atoms with E-state index in [-0.39, 0.29) is 17.5 Å². The van der Waals surface area contributed by atoms with Crippen molar-refractivity contribution < 1.29 is 14.0 Å². The van der Waals surface area contributed by atoms with Crippen LogP contribution in [0.3, 0.4) is 0 Å². The fourth-order valence-corrected chi connectivity index (χ4v) is 3.94. The number of carbonyl (C=O) groups is 2. The number of ketones is 1. The smallest absolute Gasteiger partial charge is 0.259 e. The van der Waals surface area contributed by atoms with Gasteiger partial charge in [-0.1, -0.05) is 19.1 Å². The van der Waals surface area contributed by atoms with Crippen molar-refractivity contribution in [2.75, 3.05) is 17.2 Å². The molecule has 24 heavy (non-hydrogen) atoms. The van der Waals surface area contributed by atoms with Crippen LogP contribution in [0.5, 0.6) is 0 Å². The zero-order valence-electron chi connectivity index (χ0n) is 13.4. The fraction of sp³-hybridized carbons (Fsp3) is 0.263. The van der Waals surface area contributed by atoms with E-state index in [1.807, 2.05) is 6.92 Å². The van der Waals surface area contributed by atoms with E-state index >= 15 is 0 Å². The first-order chi connectivity index (χ1) is 11.6. The van der Waals surface area contributed by atoms with Gasteiger partial charge in [0.25, 0.3) is 5.91 Å². The zero-order valence-corrected chi connectivity index (χ0v) is 14.2. The maximum Gasteiger partial charge on any atom is 0.259 e. The molecule has 124 valence electrons. The molecule has 0 aromatic heterocycles. The van der Waals surface area contributed by atoms with E-state index in [4.69, 9.17) is 0 Å². The average Bonchev–Trinajstić information content (AvgIpc) is 2.60. The van der Waals surface area contributed by atoms with Crippen LogP contribution in [0.2, 0.25) is 0 Å². The number of rotatable bonds is 4. The number of fused-ring (bicyclic) bond motifs is 1. The van der Waals surface area contributed by atoms with Crippen LogP contribution in [0, 0.1) is 5.82 Å². The van der Waals surface area contributed by atoms with Gasteiger partial charge >= 0.3 is 0 Å². The molecule has 0 atom stereocenters. The Morgan fingerprint density at radius 2 is 1.96 bits per heavy atom. The summed E-state index contributed by atoms with van der Waals surface area (Å²) in [5.74, 6) is 0.297. The van der Waals surface area contributed by atoms with E-state index in [1.54, 1.807) is 47.0 Å². The highest BCUT2D eigenvalue weighted by Gasteiger charge is 2.26. The van der Waals surface area contributed by atoms with Crippen molar-refractivity contribution in [2.45, 2.75) is 24.7 Å². The lowest BCUT2D eigenvalue weighted by atomic mass is 10.0. The lowest BCUT2D eigenvalue weighted by molar-refractivity contribution is 0.0981. The van der Waals surface area contributed by atoms with Gasteiger partial charge in [-0.2, -0.15) is 0 Å². The Bertz CT molecular complexity index is 773. The number of carbonyl (C=O) groups excluding carboxylic acids is 2. The molecule has 0 fully saturated rings. The van der Waals surface area contributed by atoms with Crippen molar-refractivity contribution in [3.8, 4) is 0 Å². The molecule has 0 unspecified atom stereocenters. The van der Waals surface area contributed by atoms with Gasteiger partial charge in [-0.25, -0.2) is 4.39 Å². The molecule has 5 heteroatoms. The fourth-order valence-electron chi connectivity index (χ4n) is 2.80. The summed E-state index contributed by atoms with van der Waals surface area (Å²) < 4.78 is 13.2. The highest BCUT2D eigenvalue weighted by molar-refractivity contribution is 7.99. The second-order valence-electron chi connectivity index (χ2n) is 5.64. The third-order valence-corrected chi connectivity index (χ3v) is 5.09. The Balaban J connectivity index is 2.01. The maximum atomic E-state index is 13.2. The second kappa shape index (κ2) is 7.18. The molecule has 3 rings (SSSR count). The second-order valence-corrected chi connectivity index (χ2v) is 6.74. The SMILES string of the molecule is CCCN(C(=O)c1cccc2c1SCCC2=O)c1ccc(F)cc1. The summed E-state index contributed by atoms with van der Waals surface area (Å²) in [7, 11) is 0. The van der Waals surface area contributed by atoms with Crippen molar-refractivity contribution in [2.24, 2.45) is 0 Å². The summed E-state index contributed by atoms with van der Waals surface area (Å²) in [6, 6.07) is 11.2. The number of Topliss-reactive ketones (excluding diaryl/α,β-unsaturated/α-hetero) is 1. The molecule has 1 aliphatic heterocycles. The minimum absolute atomic E-state index is 0.0854. The molecule has 2 aromatic rings. The van der Waals surface area contributed by atoms with Crippen molar-refractivity contribution >= 4 is 29.1 Å². The Morgan fingerprint density at radius 3 is 2.67 bits per heavy atom. The predicted octanol–water partition coefficient (Wildman–Crippen LogP) is 4.56. The molecular formula is C19H18FNO2S. The van der Waals surface area contributed by atoms with Crippen LogP contribution in [0.25, 0.3) is 0 Å². The summed E-state index contributed by atoms with van der Waals surface area (Å²) in [6.07, 6.45) is 1.29. The molecule has 0 bridgehead atoms. The quantitative estimate of drug-likeness (QED) is 0.816. The van der Waals surface area contributed by atoms with Crippen LogP contribution in [0.1, 0.15) is 40.5 Å². The van der Waals surface area contributed by atoms with Crippen LogP contribution >= 0.6 is 11.8 Å². The third kappa shape index (κ3) is 3.22. The average molecular weight is 343 g/mol. The number of amides is 1. The highest BCUT2D eigenvalue weighted by atomic mass is 32.2. The van der Waals surface area contributed by atoms with Gasteiger partial charge < -0.3 is 4.90 Å².